The van der Waals surface area contributed by atoms with Gasteiger partial charge in [0.2, 0.25) is 23.6 Å². The lowest BCUT2D eigenvalue weighted by Crippen LogP contribution is -2.55. The number of hydrogen-bond donors (Lipinski definition) is 6. The first-order chi connectivity index (χ1) is 36.1. The monoisotopic (exact) mass is 1030 g/mol. The van der Waals surface area contributed by atoms with Gasteiger partial charge in [0.1, 0.15) is 35.2 Å². The summed E-state index contributed by atoms with van der Waals surface area (Å²) >= 11 is 0. The van der Waals surface area contributed by atoms with Crippen LogP contribution in [0.25, 0.3) is 0 Å². The molecule has 0 spiro atoms. The summed E-state index contributed by atoms with van der Waals surface area (Å²) in [7, 11) is 1.59. The first-order valence-electron chi connectivity index (χ1n) is 25.1. The van der Waals surface area contributed by atoms with E-state index >= 15 is 0 Å². The number of carbonyl (C=O) groups is 6. The second-order valence-electron chi connectivity index (χ2n) is 19.9. The van der Waals surface area contributed by atoms with Crippen LogP contribution < -0.4 is 36.8 Å². The van der Waals surface area contributed by atoms with Crippen molar-refractivity contribution in [1.82, 2.24) is 25.8 Å². The van der Waals surface area contributed by atoms with Gasteiger partial charge in [-0.2, -0.15) is 0 Å². The molecule has 5 aromatic rings. The summed E-state index contributed by atoms with van der Waals surface area (Å²) in [6.45, 7) is 6.90. The minimum absolute atomic E-state index is 0.0681. The number of nitrogens with zero attached hydrogens (tertiary/aromatic N) is 3. The van der Waals surface area contributed by atoms with Gasteiger partial charge in [0.05, 0.1) is 18.5 Å². The molecule has 0 aliphatic carbocycles. The third kappa shape index (κ3) is 11.6. The molecular weight excluding hydrogens is 968 g/mol. The molecule has 75 heavy (non-hydrogen) atoms. The second-order valence-corrected chi connectivity index (χ2v) is 19.9. The molecule has 4 aliphatic heterocycles. The van der Waals surface area contributed by atoms with Crippen molar-refractivity contribution in [2.45, 2.75) is 63.2 Å². The van der Waals surface area contributed by atoms with E-state index in [0.29, 0.717) is 73.6 Å². The van der Waals surface area contributed by atoms with Crippen LogP contribution in [0.4, 0.5) is 35.9 Å². The maximum Gasteiger partial charge on any atom is 0.255 e. The van der Waals surface area contributed by atoms with Crippen molar-refractivity contribution in [2.75, 3.05) is 80.4 Å². The summed E-state index contributed by atoms with van der Waals surface area (Å²) in [5.41, 5.74) is 2.95. The lowest BCUT2D eigenvalue weighted by Gasteiger charge is -2.34. The summed E-state index contributed by atoms with van der Waals surface area (Å²) < 4.78 is 49.1. The number of rotatable bonds is 15. The van der Waals surface area contributed by atoms with Gasteiger partial charge in [-0.25, -0.2) is 13.2 Å². The molecule has 4 aliphatic rings. The Morgan fingerprint density at radius 3 is 2.24 bits per heavy atom. The van der Waals surface area contributed by atoms with E-state index in [-0.39, 0.29) is 67.0 Å². The van der Waals surface area contributed by atoms with E-state index in [2.05, 4.69) is 43.7 Å². The fourth-order valence-corrected chi connectivity index (χ4v) is 10.5. The number of anilines is 4. The number of fused-ring (bicyclic) bond motifs is 2. The molecule has 0 radical (unpaired) electrons. The number of amides is 6. The number of ether oxygens (including phenoxy) is 1. The molecule has 2 unspecified atom stereocenters. The molecule has 4 heterocycles. The molecule has 0 bridgehead atoms. The zero-order valence-corrected chi connectivity index (χ0v) is 41.9. The fraction of sp³-hybridized carbons (Fsp3) is 0.357. The predicted molar refractivity (Wildman–Crippen MR) is 276 cm³/mol. The van der Waals surface area contributed by atoms with Crippen molar-refractivity contribution in [3.8, 4) is 0 Å². The quantitative estimate of drug-likeness (QED) is 0.0766. The van der Waals surface area contributed by atoms with Gasteiger partial charge in [-0.1, -0.05) is 36.4 Å². The van der Waals surface area contributed by atoms with Crippen molar-refractivity contribution < 1.29 is 46.7 Å². The molecule has 16 nitrogen and oxygen atoms in total. The first kappa shape index (κ1) is 52.4. The van der Waals surface area contributed by atoms with E-state index in [0.717, 1.165) is 35.9 Å². The van der Waals surface area contributed by atoms with Crippen molar-refractivity contribution in [2.24, 2.45) is 5.92 Å². The van der Waals surface area contributed by atoms with Gasteiger partial charge in [-0.15, -0.1) is 0 Å². The second kappa shape index (κ2) is 22.6. The van der Waals surface area contributed by atoms with Crippen LogP contribution in [0.3, 0.4) is 0 Å². The lowest BCUT2D eigenvalue weighted by molar-refractivity contribution is -0.144. The Morgan fingerprint density at radius 2 is 1.53 bits per heavy atom. The molecule has 4 atom stereocenters. The summed E-state index contributed by atoms with van der Waals surface area (Å²) in [6, 6.07) is 23.9. The maximum absolute atomic E-state index is 14.9. The standard InChI is InChI=1S/C56H60F3N9O7/c1-33-29-66(22-21-61-33)31-48(70)68-32-56(2,43-18-9-35(26-46(43)68)25-34-7-13-39(57)14-8-34)55(74)63-40-15-10-37(11-16-40)52(71)62-41-17-12-38-30-67(54(73)49(64-47(69)28-60-3)36-19-23-75-24-20-36)51(42(38)27-41)53(72)65-50-44(58)5-4-6-45(50)59/h4-18,26-27,33,36,49,51,60-61H,19-25,28-32H2,1-3H3,(H,62,71)(H,63,74)(H,64,69)(H,65,72)/t33-,49?,51+,56?/m1/s1. The van der Waals surface area contributed by atoms with Crippen LogP contribution in [0.15, 0.2) is 103 Å². The normalized spacial score (nSPS) is 19.9. The smallest absolute Gasteiger partial charge is 0.255 e. The predicted octanol–water partition coefficient (Wildman–Crippen LogP) is 5.64. The number of piperazine rings is 1. The van der Waals surface area contributed by atoms with Gasteiger partial charge >= 0.3 is 0 Å². The van der Waals surface area contributed by atoms with E-state index in [1.54, 1.807) is 55.3 Å². The lowest BCUT2D eigenvalue weighted by atomic mass is 9.83. The maximum atomic E-state index is 14.9. The van der Waals surface area contributed by atoms with Crippen LogP contribution in [-0.4, -0.2) is 117 Å². The Labute approximate surface area is 432 Å². The van der Waals surface area contributed by atoms with Crippen LogP contribution >= 0.6 is 0 Å². The summed E-state index contributed by atoms with van der Waals surface area (Å²) in [5.74, 6) is -5.65. The zero-order valence-electron chi connectivity index (χ0n) is 41.9. The average molecular weight is 1030 g/mol. The van der Waals surface area contributed by atoms with E-state index in [1.165, 1.54) is 35.2 Å². The Balaban J connectivity index is 0.923. The van der Waals surface area contributed by atoms with Crippen LogP contribution in [0.2, 0.25) is 0 Å². The number of hydrogen-bond acceptors (Lipinski definition) is 10. The molecule has 19 heteroatoms. The minimum Gasteiger partial charge on any atom is -0.381 e. The first-order valence-corrected chi connectivity index (χ1v) is 25.1. The Morgan fingerprint density at radius 1 is 0.827 bits per heavy atom. The van der Waals surface area contributed by atoms with Crippen LogP contribution in [0.1, 0.15) is 70.9 Å². The number of para-hydroxylation sites is 1. The topological polar surface area (TPSA) is 194 Å². The number of benzene rings is 5. The average Bonchev–Trinajstić information content (AvgIpc) is 3.94. The Bertz CT molecular complexity index is 2970. The van der Waals surface area contributed by atoms with E-state index < -0.39 is 58.4 Å². The SMILES string of the molecule is CNCC(=O)NC(C(=O)N1Cc2ccc(NC(=O)c3ccc(NC(=O)C4(C)CN(C(=O)CN5CCN[C@H](C)C5)c5cc(Cc6ccc(F)cc6)ccc54)cc3)cc2[C@H]1C(=O)Nc1c(F)cccc1F)C1CCOCC1. The highest BCUT2D eigenvalue weighted by Crippen LogP contribution is 2.43. The Hall–Kier alpha value is -7.45. The van der Waals surface area contributed by atoms with Gasteiger partial charge in [0.15, 0.2) is 0 Å². The molecule has 392 valence electrons. The van der Waals surface area contributed by atoms with Crippen LogP contribution in [-0.2, 0) is 47.1 Å². The molecule has 2 fully saturated rings. The highest BCUT2D eigenvalue weighted by Gasteiger charge is 2.48. The fourth-order valence-electron chi connectivity index (χ4n) is 10.5. The van der Waals surface area contributed by atoms with Gasteiger partial charge < -0.3 is 46.4 Å². The largest absolute Gasteiger partial charge is 0.381 e. The number of carbonyl (C=O) groups excluding carboxylic acids is 6. The molecular formula is C56H60F3N9O7. The third-order valence-corrected chi connectivity index (χ3v) is 14.5. The van der Waals surface area contributed by atoms with Gasteiger partial charge in [-0.3, -0.25) is 33.7 Å². The third-order valence-electron chi connectivity index (χ3n) is 14.5. The van der Waals surface area contributed by atoms with Crippen molar-refractivity contribution in [1.29, 1.82) is 0 Å². The Kier molecular flexibility index (Phi) is 15.8. The van der Waals surface area contributed by atoms with Gasteiger partial charge in [0.25, 0.3) is 11.8 Å². The minimum atomic E-state index is -1.42. The van der Waals surface area contributed by atoms with E-state index in [4.69, 9.17) is 4.74 Å². The molecule has 6 N–H and O–H groups in total. The summed E-state index contributed by atoms with van der Waals surface area (Å²) in [6.07, 6.45) is 1.42. The summed E-state index contributed by atoms with van der Waals surface area (Å²) in [4.78, 5) is 89.3. The number of halogens is 3. The highest BCUT2D eigenvalue weighted by molar-refractivity contribution is 6.08. The van der Waals surface area contributed by atoms with Crippen molar-refractivity contribution in [3.63, 3.8) is 0 Å². The number of likely N-dealkylation sites (N-methyl/N-ethyl adjacent to an activating group) is 1. The van der Waals surface area contributed by atoms with E-state index in [9.17, 15) is 41.9 Å². The number of nitrogens with one attached hydrogen (secondary N) is 6. The highest BCUT2D eigenvalue weighted by atomic mass is 19.1. The van der Waals surface area contributed by atoms with E-state index in [1.807, 2.05) is 18.2 Å². The van der Waals surface area contributed by atoms with Gasteiger partial charge in [-0.05, 0) is 141 Å². The van der Waals surface area contributed by atoms with Crippen LogP contribution in [0.5, 0.6) is 0 Å². The van der Waals surface area contributed by atoms with Crippen molar-refractivity contribution in [3.05, 3.63) is 154 Å². The molecule has 2 saturated heterocycles. The molecule has 6 amide bonds. The molecule has 5 aromatic carbocycles. The summed E-state index contributed by atoms with van der Waals surface area (Å²) in [5, 5.41) is 17.2. The molecule has 0 saturated carbocycles. The molecule has 9 rings (SSSR count). The van der Waals surface area contributed by atoms with Gasteiger partial charge in [0, 0.05) is 74.6 Å². The van der Waals surface area contributed by atoms with Crippen molar-refractivity contribution >= 4 is 58.2 Å². The van der Waals surface area contributed by atoms with Crippen LogP contribution in [0, 0.1) is 23.4 Å². The zero-order chi connectivity index (χ0) is 53.0. The molecule has 0 aromatic heterocycles.